The summed E-state index contributed by atoms with van der Waals surface area (Å²) in [5, 5.41) is 2.88. The van der Waals surface area contributed by atoms with Gasteiger partial charge in [0.25, 0.3) is 0 Å². The summed E-state index contributed by atoms with van der Waals surface area (Å²) >= 11 is 1.63. The van der Waals surface area contributed by atoms with E-state index in [1.54, 1.807) is 11.8 Å². The van der Waals surface area contributed by atoms with Crippen molar-refractivity contribution in [2.45, 2.75) is 44.9 Å². The first kappa shape index (κ1) is 19.5. The Hall–Kier alpha value is -2.27. The average Bonchev–Trinajstić information content (AvgIpc) is 3.04. The molecule has 4 nitrogen and oxygen atoms in total. The Morgan fingerprint density at radius 1 is 1.15 bits per heavy atom. The van der Waals surface area contributed by atoms with Crippen LogP contribution in [0.15, 0.2) is 48.5 Å². The third-order valence-electron chi connectivity index (χ3n) is 4.57. The minimum absolute atomic E-state index is 0.0231. The van der Waals surface area contributed by atoms with E-state index in [1.165, 1.54) is 5.56 Å². The van der Waals surface area contributed by atoms with Gasteiger partial charge in [-0.25, -0.2) is 0 Å². The van der Waals surface area contributed by atoms with Crippen LogP contribution in [0, 0.1) is 0 Å². The number of hydrogen-bond donors (Lipinski definition) is 1. The molecule has 5 heteroatoms. The lowest BCUT2D eigenvalue weighted by Gasteiger charge is -2.27. The zero-order chi connectivity index (χ0) is 19.2. The van der Waals surface area contributed by atoms with E-state index >= 15 is 0 Å². The van der Waals surface area contributed by atoms with Gasteiger partial charge in [-0.15, -0.1) is 11.8 Å². The summed E-state index contributed by atoms with van der Waals surface area (Å²) in [5.74, 6) is 0.626. The van der Waals surface area contributed by atoms with Crippen LogP contribution in [0.5, 0.6) is 0 Å². The molecule has 0 unspecified atom stereocenters. The number of carbonyl (C=O) groups excluding carboxylic acids is 2. The molecule has 0 aliphatic carbocycles. The number of nitrogens with zero attached hydrogens (tertiary/aromatic N) is 1. The van der Waals surface area contributed by atoms with Crippen molar-refractivity contribution >= 4 is 35.0 Å². The Balaban J connectivity index is 1.90. The Morgan fingerprint density at radius 3 is 2.74 bits per heavy atom. The molecule has 1 atom stereocenters. The lowest BCUT2D eigenvalue weighted by molar-refractivity contribution is -0.116. The number of thioether (sulfide) groups is 1. The van der Waals surface area contributed by atoms with Gasteiger partial charge in [-0.2, -0.15) is 0 Å². The fraction of sp³-hybridized carbons (Fsp3) is 0.364. The smallest absolute Gasteiger partial charge is 0.238 e. The molecular weight excluding hydrogens is 356 g/mol. The maximum Gasteiger partial charge on any atom is 0.238 e. The molecule has 0 saturated carbocycles. The van der Waals surface area contributed by atoms with Crippen LogP contribution in [-0.2, 0) is 16.0 Å². The van der Waals surface area contributed by atoms with Crippen molar-refractivity contribution in [1.29, 1.82) is 0 Å². The van der Waals surface area contributed by atoms with Gasteiger partial charge in [0.1, 0.15) is 5.37 Å². The van der Waals surface area contributed by atoms with E-state index in [9.17, 15) is 9.59 Å². The number of hydrogen-bond acceptors (Lipinski definition) is 3. The monoisotopic (exact) mass is 382 g/mol. The normalized spacial score (nSPS) is 16.6. The number of benzene rings is 2. The third-order valence-corrected chi connectivity index (χ3v) is 5.78. The molecular formula is C22H26N2O2S. The summed E-state index contributed by atoms with van der Waals surface area (Å²) < 4.78 is 0. The van der Waals surface area contributed by atoms with Crippen LogP contribution in [0.1, 0.15) is 49.6 Å². The van der Waals surface area contributed by atoms with Crippen LogP contribution in [0.4, 0.5) is 11.4 Å². The lowest BCUT2D eigenvalue weighted by Crippen LogP contribution is -2.28. The molecule has 1 heterocycles. The number of anilines is 2. The third kappa shape index (κ3) is 4.53. The largest absolute Gasteiger partial charge is 0.326 e. The topological polar surface area (TPSA) is 49.4 Å². The summed E-state index contributed by atoms with van der Waals surface area (Å²) in [4.78, 5) is 26.5. The predicted molar refractivity (Wildman–Crippen MR) is 113 cm³/mol. The lowest BCUT2D eigenvalue weighted by atomic mass is 10.1. The SMILES string of the molecule is CCCC(=O)Nc1cccc([C@H]2SCC(=O)N2c2ccccc2CCC)c1. The van der Waals surface area contributed by atoms with Crippen molar-refractivity contribution in [3.8, 4) is 0 Å². The van der Waals surface area contributed by atoms with E-state index in [4.69, 9.17) is 0 Å². The average molecular weight is 383 g/mol. The van der Waals surface area contributed by atoms with Crippen molar-refractivity contribution in [3.05, 3.63) is 59.7 Å². The summed E-state index contributed by atoms with van der Waals surface area (Å²) in [6.45, 7) is 4.14. The van der Waals surface area contributed by atoms with E-state index in [0.717, 1.165) is 36.2 Å². The quantitative estimate of drug-likeness (QED) is 0.720. The Bertz CT molecular complexity index is 821. The molecule has 1 fully saturated rings. The molecule has 1 saturated heterocycles. The molecule has 2 aromatic carbocycles. The molecule has 3 rings (SSSR count). The molecule has 142 valence electrons. The molecule has 0 aromatic heterocycles. The number of nitrogens with one attached hydrogen (secondary N) is 1. The van der Waals surface area contributed by atoms with Gasteiger partial charge in [0.2, 0.25) is 11.8 Å². The fourth-order valence-corrected chi connectivity index (χ4v) is 4.54. The number of amides is 2. The van der Waals surface area contributed by atoms with Gasteiger partial charge in [-0.3, -0.25) is 14.5 Å². The van der Waals surface area contributed by atoms with Crippen LogP contribution < -0.4 is 10.2 Å². The minimum atomic E-state index is -0.0708. The van der Waals surface area contributed by atoms with E-state index in [0.29, 0.717) is 12.2 Å². The first-order valence-corrected chi connectivity index (χ1v) is 10.6. The zero-order valence-electron chi connectivity index (χ0n) is 15.9. The highest BCUT2D eigenvalue weighted by atomic mass is 32.2. The number of para-hydroxylation sites is 1. The zero-order valence-corrected chi connectivity index (χ0v) is 16.7. The van der Waals surface area contributed by atoms with Gasteiger partial charge < -0.3 is 5.32 Å². The van der Waals surface area contributed by atoms with Crippen molar-refractivity contribution < 1.29 is 9.59 Å². The number of aryl methyl sites for hydroxylation is 1. The van der Waals surface area contributed by atoms with E-state index in [2.05, 4.69) is 18.3 Å². The predicted octanol–water partition coefficient (Wildman–Crippen LogP) is 5.16. The summed E-state index contributed by atoms with van der Waals surface area (Å²) in [6.07, 6.45) is 3.32. The number of rotatable bonds is 7. The second kappa shape index (κ2) is 9.09. The van der Waals surface area contributed by atoms with Gasteiger partial charge >= 0.3 is 0 Å². The van der Waals surface area contributed by atoms with Crippen LogP contribution in [0.25, 0.3) is 0 Å². The minimum Gasteiger partial charge on any atom is -0.326 e. The highest BCUT2D eigenvalue weighted by Crippen LogP contribution is 2.43. The summed E-state index contributed by atoms with van der Waals surface area (Å²) in [6, 6.07) is 16.0. The molecule has 1 aliphatic heterocycles. The molecule has 2 aromatic rings. The van der Waals surface area contributed by atoms with Gasteiger partial charge in [-0.05, 0) is 42.2 Å². The van der Waals surface area contributed by atoms with Crippen molar-refractivity contribution in [2.24, 2.45) is 0 Å². The van der Waals surface area contributed by atoms with Crippen LogP contribution in [0.3, 0.4) is 0 Å². The molecule has 2 amide bonds. The van der Waals surface area contributed by atoms with E-state index in [-0.39, 0.29) is 17.2 Å². The molecule has 27 heavy (non-hydrogen) atoms. The highest BCUT2D eigenvalue weighted by molar-refractivity contribution is 8.00. The molecule has 0 radical (unpaired) electrons. The van der Waals surface area contributed by atoms with Crippen molar-refractivity contribution in [3.63, 3.8) is 0 Å². The van der Waals surface area contributed by atoms with Crippen LogP contribution >= 0.6 is 11.8 Å². The summed E-state index contributed by atoms with van der Waals surface area (Å²) in [5.41, 5.74) is 4.02. The molecule has 0 spiro atoms. The van der Waals surface area contributed by atoms with Gasteiger partial charge in [0.15, 0.2) is 0 Å². The first-order chi connectivity index (χ1) is 13.1. The van der Waals surface area contributed by atoms with Gasteiger partial charge in [-0.1, -0.05) is 50.6 Å². The number of carbonyl (C=O) groups is 2. The van der Waals surface area contributed by atoms with E-state index < -0.39 is 0 Å². The molecule has 1 aliphatic rings. The van der Waals surface area contributed by atoms with Gasteiger partial charge in [0.05, 0.1) is 5.75 Å². The van der Waals surface area contributed by atoms with Crippen molar-refractivity contribution in [1.82, 2.24) is 0 Å². The Labute approximate surface area is 165 Å². The van der Waals surface area contributed by atoms with E-state index in [1.807, 2.05) is 54.3 Å². The first-order valence-electron chi connectivity index (χ1n) is 9.55. The Morgan fingerprint density at radius 2 is 1.96 bits per heavy atom. The van der Waals surface area contributed by atoms with Crippen LogP contribution in [-0.4, -0.2) is 17.6 Å². The standard InChI is InChI=1S/C22H26N2O2S/c1-3-8-16-10-5-6-13-19(16)24-21(26)15-27-22(24)17-11-7-12-18(14-17)23-20(25)9-4-2/h5-7,10-14,22H,3-4,8-9,15H2,1-2H3,(H,23,25)/t22-/m1/s1. The maximum atomic E-state index is 12.7. The molecule has 0 bridgehead atoms. The second-order valence-corrected chi connectivity index (χ2v) is 7.80. The van der Waals surface area contributed by atoms with Gasteiger partial charge in [0, 0.05) is 17.8 Å². The highest BCUT2D eigenvalue weighted by Gasteiger charge is 2.35. The second-order valence-electron chi connectivity index (χ2n) is 6.73. The summed E-state index contributed by atoms with van der Waals surface area (Å²) in [7, 11) is 0. The van der Waals surface area contributed by atoms with Crippen molar-refractivity contribution in [2.75, 3.05) is 16.0 Å². The molecule has 1 N–H and O–H groups in total. The maximum absolute atomic E-state index is 12.7. The van der Waals surface area contributed by atoms with Crippen LogP contribution in [0.2, 0.25) is 0 Å². The fourth-order valence-electron chi connectivity index (χ4n) is 3.38. The Kier molecular flexibility index (Phi) is 6.56.